The smallest absolute Gasteiger partial charge is 0.154 e. The van der Waals surface area contributed by atoms with Crippen LogP contribution < -0.4 is 4.74 Å². The van der Waals surface area contributed by atoms with Gasteiger partial charge in [-0.05, 0) is 17.7 Å². The van der Waals surface area contributed by atoms with Gasteiger partial charge in [-0.25, -0.2) is 8.42 Å². The first-order valence-corrected chi connectivity index (χ1v) is 6.62. The van der Waals surface area contributed by atoms with Gasteiger partial charge in [0.05, 0.1) is 18.4 Å². The summed E-state index contributed by atoms with van der Waals surface area (Å²) in [5.41, 5.74) is 1.04. The molecule has 0 spiro atoms. The molecular formula is C11H13NO3S. The Bertz CT molecular complexity index is 515. The van der Waals surface area contributed by atoms with Crippen LogP contribution in [0.15, 0.2) is 18.2 Å². The zero-order valence-electron chi connectivity index (χ0n) is 9.23. The SMILES string of the molecule is CCS(=O)(=O)Cc1ccc(C#N)c(OC)c1. The second-order valence-electron chi connectivity index (χ2n) is 3.32. The number of methoxy groups -OCH3 is 1. The Morgan fingerprint density at radius 2 is 2.12 bits per heavy atom. The van der Waals surface area contributed by atoms with Gasteiger partial charge in [-0.3, -0.25) is 0 Å². The summed E-state index contributed by atoms with van der Waals surface area (Å²) in [5, 5.41) is 8.77. The summed E-state index contributed by atoms with van der Waals surface area (Å²) in [7, 11) is -1.60. The van der Waals surface area contributed by atoms with Crippen molar-refractivity contribution in [3.8, 4) is 11.8 Å². The van der Waals surface area contributed by atoms with Crippen LogP contribution in [0.4, 0.5) is 0 Å². The number of sulfone groups is 1. The predicted molar refractivity (Wildman–Crippen MR) is 60.9 cm³/mol. The number of benzene rings is 1. The van der Waals surface area contributed by atoms with E-state index in [1.165, 1.54) is 7.11 Å². The molecule has 0 aliphatic rings. The molecular weight excluding hydrogens is 226 g/mol. The van der Waals surface area contributed by atoms with Crippen LogP contribution in [0.1, 0.15) is 18.1 Å². The number of nitrogens with zero attached hydrogens (tertiary/aromatic N) is 1. The van der Waals surface area contributed by atoms with Crippen LogP contribution in [0.3, 0.4) is 0 Å². The lowest BCUT2D eigenvalue weighted by Gasteiger charge is -2.06. The molecule has 5 heteroatoms. The first-order chi connectivity index (χ1) is 7.52. The van der Waals surface area contributed by atoms with Gasteiger partial charge in [0, 0.05) is 5.75 Å². The fourth-order valence-corrected chi connectivity index (χ4v) is 2.17. The van der Waals surface area contributed by atoms with Gasteiger partial charge in [0.25, 0.3) is 0 Å². The van der Waals surface area contributed by atoms with Gasteiger partial charge < -0.3 is 4.74 Å². The molecule has 0 saturated carbocycles. The maximum Gasteiger partial charge on any atom is 0.154 e. The van der Waals surface area contributed by atoms with E-state index in [2.05, 4.69) is 0 Å². The Morgan fingerprint density at radius 1 is 1.44 bits per heavy atom. The highest BCUT2D eigenvalue weighted by atomic mass is 32.2. The van der Waals surface area contributed by atoms with Crippen molar-refractivity contribution in [3.05, 3.63) is 29.3 Å². The minimum Gasteiger partial charge on any atom is -0.495 e. The van der Waals surface area contributed by atoms with Crippen LogP contribution in [0.2, 0.25) is 0 Å². The fourth-order valence-electron chi connectivity index (χ4n) is 1.27. The molecule has 0 radical (unpaired) electrons. The molecule has 1 rings (SSSR count). The topological polar surface area (TPSA) is 67.2 Å². The number of nitriles is 1. The average molecular weight is 239 g/mol. The zero-order valence-corrected chi connectivity index (χ0v) is 10.0. The third kappa shape index (κ3) is 2.97. The Labute approximate surface area is 95.4 Å². The van der Waals surface area contributed by atoms with Gasteiger partial charge in [0.1, 0.15) is 11.8 Å². The molecule has 0 fully saturated rings. The monoisotopic (exact) mass is 239 g/mol. The Morgan fingerprint density at radius 3 is 2.62 bits per heavy atom. The van der Waals surface area contributed by atoms with Crippen LogP contribution in [-0.4, -0.2) is 21.3 Å². The van der Waals surface area contributed by atoms with Gasteiger partial charge >= 0.3 is 0 Å². The summed E-state index contributed by atoms with van der Waals surface area (Å²) >= 11 is 0. The molecule has 4 nitrogen and oxygen atoms in total. The number of hydrogen-bond acceptors (Lipinski definition) is 4. The lowest BCUT2D eigenvalue weighted by molar-refractivity contribution is 0.413. The number of hydrogen-bond donors (Lipinski definition) is 0. The van der Waals surface area contributed by atoms with Gasteiger partial charge in [0.15, 0.2) is 9.84 Å². The summed E-state index contributed by atoms with van der Waals surface area (Å²) in [6.07, 6.45) is 0. The second-order valence-corrected chi connectivity index (χ2v) is 5.68. The summed E-state index contributed by atoms with van der Waals surface area (Å²) in [6, 6.07) is 6.77. The summed E-state index contributed by atoms with van der Waals surface area (Å²) in [5.74, 6) is 0.493. The first kappa shape index (κ1) is 12.5. The molecule has 0 bridgehead atoms. The fraction of sp³-hybridized carbons (Fsp3) is 0.364. The van der Waals surface area contributed by atoms with E-state index in [0.29, 0.717) is 16.9 Å². The molecule has 1 aromatic rings. The summed E-state index contributed by atoms with van der Waals surface area (Å²) in [6.45, 7) is 1.61. The average Bonchev–Trinajstić information content (AvgIpc) is 2.28. The van der Waals surface area contributed by atoms with Crippen LogP contribution >= 0.6 is 0 Å². The van der Waals surface area contributed by atoms with E-state index < -0.39 is 9.84 Å². The minimum absolute atomic E-state index is 0.0223. The van der Waals surface area contributed by atoms with Crippen LogP contribution in [0, 0.1) is 11.3 Å². The Balaban J connectivity index is 3.06. The van der Waals surface area contributed by atoms with Crippen LogP contribution in [0.5, 0.6) is 5.75 Å². The molecule has 0 unspecified atom stereocenters. The van der Waals surface area contributed by atoms with Crippen molar-refractivity contribution in [2.75, 3.05) is 12.9 Å². The van der Waals surface area contributed by atoms with Crippen LogP contribution in [0.25, 0.3) is 0 Å². The molecule has 0 N–H and O–H groups in total. The molecule has 0 aliphatic carbocycles. The van der Waals surface area contributed by atoms with Crippen molar-refractivity contribution in [2.24, 2.45) is 0 Å². The van der Waals surface area contributed by atoms with E-state index in [4.69, 9.17) is 10.00 Å². The predicted octanol–water partition coefficient (Wildman–Crippen LogP) is 1.50. The highest BCUT2D eigenvalue weighted by Gasteiger charge is 2.11. The molecule has 86 valence electrons. The van der Waals surface area contributed by atoms with Gasteiger partial charge in [0.2, 0.25) is 0 Å². The van der Waals surface area contributed by atoms with Crippen LogP contribution in [-0.2, 0) is 15.6 Å². The molecule has 0 aromatic heterocycles. The molecule has 16 heavy (non-hydrogen) atoms. The summed E-state index contributed by atoms with van der Waals surface area (Å²) in [4.78, 5) is 0. The van der Waals surface area contributed by atoms with E-state index in [9.17, 15) is 8.42 Å². The van der Waals surface area contributed by atoms with Crippen molar-refractivity contribution in [1.82, 2.24) is 0 Å². The molecule has 0 saturated heterocycles. The van der Waals surface area contributed by atoms with Gasteiger partial charge in [-0.1, -0.05) is 13.0 Å². The quantitative estimate of drug-likeness (QED) is 0.798. The highest BCUT2D eigenvalue weighted by Crippen LogP contribution is 2.20. The maximum absolute atomic E-state index is 11.4. The van der Waals surface area contributed by atoms with E-state index in [0.717, 1.165) is 0 Å². The summed E-state index contributed by atoms with van der Waals surface area (Å²) < 4.78 is 27.8. The lowest BCUT2D eigenvalue weighted by atomic mass is 10.1. The van der Waals surface area contributed by atoms with Crippen molar-refractivity contribution in [3.63, 3.8) is 0 Å². The molecule has 1 aromatic carbocycles. The van der Waals surface area contributed by atoms with Crippen molar-refractivity contribution >= 4 is 9.84 Å². The largest absolute Gasteiger partial charge is 0.495 e. The molecule has 0 atom stereocenters. The third-order valence-electron chi connectivity index (χ3n) is 2.21. The lowest BCUT2D eigenvalue weighted by Crippen LogP contribution is -2.06. The number of rotatable bonds is 4. The zero-order chi connectivity index (χ0) is 12.2. The van der Waals surface area contributed by atoms with E-state index in [-0.39, 0.29) is 11.5 Å². The van der Waals surface area contributed by atoms with E-state index in [1.54, 1.807) is 25.1 Å². The van der Waals surface area contributed by atoms with Gasteiger partial charge in [-0.15, -0.1) is 0 Å². The molecule has 0 amide bonds. The van der Waals surface area contributed by atoms with E-state index in [1.807, 2.05) is 6.07 Å². The first-order valence-electron chi connectivity index (χ1n) is 4.80. The Kier molecular flexibility index (Phi) is 3.91. The normalized spacial score (nSPS) is 10.8. The highest BCUT2D eigenvalue weighted by molar-refractivity contribution is 7.90. The van der Waals surface area contributed by atoms with Crippen molar-refractivity contribution < 1.29 is 13.2 Å². The minimum atomic E-state index is -3.06. The van der Waals surface area contributed by atoms with Crippen molar-refractivity contribution in [1.29, 1.82) is 5.26 Å². The molecule has 0 heterocycles. The molecule has 0 aliphatic heterocycles. The third-order valence-corrected chi connectivity index (χ3v) is 3.87. The van der Waals surface area contributed by atoms with Gasteiger partial charge in [-0.2, -0.15) is 5.26 Å². The number of ether oxygens (including phenoxy) is 1. The maximum atomic E-state index is 11.4. The van der Waals surface area contributed by atoms with E-state index >= 15 is 0 Å². The second kappa shape index (κ2) is 4.99. The van der Waals surface area contributed by atoms with Crippen molar-refractivity contribution in [2.45, 2.75) is 12.7 Å². The Hall–Kier alpha value is -1.54. The standard InChI is InChI=1S/C11H13NO3S/c1-3-16(13,14)8-9-4-5-10(7-12)11(6-9)15-2/h4-6H,3,8H2,1-2H3.